The summed E-state index contributed by atoms with van der Waals surface area (Å²) in [7, 11) is 0. The quantitative estimate of drug-likeness (QED) is 0.513. The second-order valence-electron chi connectivity index (χ2n) is 6.85. The fourth-order valence-electron chi connectivity index (χ4n) is 2.82. The molecule has 5 nitrogen and oxygen atoms in total. The molecule has 1 atom stereocenters. The normalized spacial score (nSPS) is 11.7. The van der Waals surface area contributed by atoms with E-state index in [1.807, 2.05) is 13.0 Å². The van der Waals surface area contributed by atoms with Gasteiger partial charge in [-0.3, -0.25) is 9.78 Å². The fourth-order valence-corrected chi connectivity index (χ4v) is 2.82. The van der Waals surface area contributed by atoms with Crippen molar-refractivity contribution < 1.29 is 18.7 Å². The Bertz CT molecular complexity index is 976. The Morgan fingerprint density at radius 2 is 1.97 bits per heavy atom. The van der Waals surface area contributed by atoms with Crippen LogP contribution in [-0.2, 0) is 11.3 Å². The lowest BCUT2D eigenvalue weighted by Gasteiger charge is -2.12. The topological polar surface area (TPSA) is 60.5 Å². The van der Waals surface area contributed by atoms with E-state index in [1.165, 1.54) is 6.07 Å². The molecule has 30 heavy (non-hydrogen) atoms. The van der Waals surface area contributed by atoms with Crippen molar-refractivity contribution >= 4 is 5.91 Å². The van der Waals surface area contributed by atoms with Crippen LogP contribution in [-0.4, -0.2) is 17.5 Å². The van der Waals surface area contributed by atoms with Crippen LogP contribution in [0.3, 0.4) is 0 Å². The number of nitrogens with zero attached hydrogens (tertiary/aromatic N) is 1. The number of rotatable bonds is 9. The van der Waals surface area contributed by atoms with Crippen LogP contribution in [0.1, 0.15) is 48.0 Å². The summed E-state index contributed by atoms with van der Waals surface area (Å²) in [4.78, 5) is 16.8. The number of ether oxygens (including phenoxy) is 2. The number of hydrogen-bond donors (Lipinski definition) is 1. The monoisotopic (exact) mass is 408 g/mol. The average Bonchev–Trinajstić information content (AvgIpc) is 2.78. The summed E-state index contributed by atoms with van der Waals surface area (Å²) in [6.45, 7) is 4.97. The number of para-hydroxylation sites is 1. The van der Waals surface area contributed by atoms with Gasteiger partial charge in [-0.2, -0.15) is 0 Å². The molecule has 0 fully saturated rings. The molecular formula is C24H25FN2O3. The highest BCUT2D eigenvalue weighted by Gasteiger charge is 2.11. The van der Waals surface area contributed by atoms with Gasteiger partial charge in [0.15, 0.2) is 11.6 Å². The van der Waals surface area contributed by atoms with Crippen molar-refractivity contribution in [2.45, 2.75) is 32.9 Å². The average molecular weight is 408 g/mol. The summed E-state index contributed by atoms with van der Waals surface area (Å²) in [6, 6.07) is 16.9. The highest BCUT2D eigenvalue weighted by molar-refractivity contribution is 5.93. The third-order valence-electron chi connectivity index (χ3n) is 4.45. The van der Waals surface area contributed by atoms with Crippen LogP contribution in [0.15, 0.2) is 66.9 Å². The molecule has 1 unspecified atom stereocenters. The highest BCUT2D eigenvalue weighted by atomic mass is 19.1. The molecule has 0 aliphatic heterocycles. The zero-order valence-electron chi connectivity index (χ0n) is 17.1. The highest BCUT2D eigenvalue weighted by Crippen LogP contribution is 2.24. The van der Waals surface area contributed by atoms with Crippen LogP contribution >= 0.6 is 0 Å². The Labute approximate surface area is 175 Å². The lowest BCUT2D eigenvalue weighted by atomic mass is 10.2. The maximum Gasteiger partial charge on any atom is 0.253 e. The van der Waals surface area contributed by atoms with Crippen LogP contribution in [0.4, 0.5) is 4.39 Å². The summed E-state index contributed by atoms with van der Waals surface area (Å²) in [5.41, 5.74) is 2.10. The second kappa shape index (κ2) is 10.5. The van der Waals surface area contributed by atoms with Gasteiger partial charge in [0, 0.05) is 19.3 Å². The molecule has 1 N–H and O–H groups in total. The van der Waals surface area contributed by atoms with E-state index in [1.54, 1.807) is 54.7 Å². The molecule has 156 valence electrons. The Morgan fingerprint density at radius 3 is 2.70 bits per heavy atom. The van der Waals surface area contributed by atoms with Gasteiger partial charge in [0.05, 0.1) is 17.4 Å². The van der Waals surface area contributed by atoms with E-state index in [0.29, 0.717) is 24.5 Å². The van der Waals surface area contributed by atoms with Crippen molar-refractivity contribution in [3.05, 3.63) is 89.5 Å². The van der Waals surface area contributed by atoms with Crippen LogP contribution in [0.2, 0.25) is 0 Å². The number of benzene rings is 2. The Balaban J connectivity index is 1.57. The first-order valence-electron chi connectivity index (χ1n) is 9.94. The van der Waals surface area contributed by atoms with Crippen LogP contribution in [0, 0.1) is 5.82 Å². The fraction of sp³-hybridized carbons (Fsp3) is 0.250. The van der Waals surface area contributed by atoms with Gasteiger partial charge in [0.2, 0.25) is 0 Å². The van der Waals surface area contributed by atoms with Gasteiger partial charge >= 0.3 is 0 Å². The minimum absolute atomic E-state index is 0.112. The number of nitrogens with one attached hydrogen (secondary N) is 1. The van der Waals surface area contributed by atoms with Crippen molar-refractivity contribution in [2.24, 2.45) is 0 Å². The van der Waals surface area contributed by atoms with Gasteiger partial charge in [-0.05, 0) is 55.3 Å². The largest absolute Gasteiger partial charge is 0.454 e. The number of amides is 1. The second-order valence-corrected chi connectivity index (χ2v) is 6.85. The van der Waals surface area contributed by atoms with E-state index >= 15 is 0 Å². The van der Waals surface area contributed by atoms with Gasteiger partial charge in [-0.1, -0.05) is 31.2 Å². The maximum atomic E-state index is 13.8. The Kier molecular flexibility index (Phi) is 7.51. The van der Waals surface area contributed by atoms with Crippen LogP contribution in [0.25, 0.3) is 0 Å². The molecule has 1 amide bonds. The SMILES string of the molecule is CCCOC(C)c1ccc(C(=O)NCc2cccc(Oc3ccccc3F)c2)cn1. The van der Waals surface area contributed by atoms with Crippen molar-refractivity contribution in [3.8, 4) is 11.5 Å². The molecule has 0 aliphatic carbocycles. The molecule has 2 aromatic carbocycles. The first-order valence-corrected chi connectivity index (χ1v) is 9.94. The number of hydrogen-bond acceptors (Lipinski definition) is 4. The number of halogens is 1. The number of aromatic nitrogens is 1. The molecular weight excluding hydrogens is 383 g/mol. The van der Waals surface area contributed by atoms with E-state index in [-0.39, 0.29) is 17.8 Å². The summed E-state index contributed by atoms with van der Waals surface area (Å²) < 4.78 is 25.0. The van der Waals surface area contributed by atoms with Gasteiger partial charge in [0.25, 0.3) is 5.91 Å². The predicted octanol–water partition coefficient (Wildman–Crippen LogP) is 5.43. The molecule has 0 saturated heterocycles. The van der Waals surface area contributed by atoms with Gasteiger partial charge < -0.3 is 14.8 Å². The first-order chi connectivity index (χ1) is 14.6. The Hall–Kier alpha value is -3.25. The van der Waals surface area contributed by atoms with Crippen molar-refractivity contribution in [1.82, 2.24) is 10.3 Å². The molecule has 1 aromatic heterocycles. The van der Waals surface area contributed by atoms with E-state index in [4.69, 9.17) is 9.47 Å². The van der Waals surface area contributed by atoms with Crippen molar-refractivity contribution in [1.29, 1.82) is 0 Å². The molecule has 0 aliphatic rings. The predicted molar refractivity (Wildman–Crippen MR) is 113 cm³/mol. The van der Waals surface area contributed by atoms with Gasteiger partial charge in [0.1, 0.15) is 5.75 Å². The maximum absolute atomic E-state index is 13.8. The molecule has 1 heterocycles. The third kappa shape index (κ3) is 5.87. The zero-order valence-corrected chi connectivity index (χ0v) is 17.1. The summed E-state index contributed by atoms with van der Waals surface area (Å²) in [6.07, 6.45) is 2.38. The number of carbonyl (C=O) groups is 1. The molecule has 3 rings (SSSR count). The molecule has 0 saturated carbocycles. The lowest BCUT2D eigenvalue weighted by Crippen LogP contribution is -2.23. The van der Waals surface area contributed by atoms with E-state index in [2.05, 4.69) is 17.2 Å². The summed E-state index contributed by atoms with van der Waals surface area (Å²) >= 11 is 0. The first kappa shape index (κ1) is 21.5. The molecule has 0 radical (unpaired) electrons. The van der Waals surface area contributed by atoms with Crippen molar-refractivity contribution in [3.63, 3.8) is 0 Å². The zero-order chi connectivity index (χ0) is 21.3. The van der Waals surface area contributed by atoms with E-state index in [0.717, 1.165) is 17.7 Å². The molecule has 3 aromatic rings. The van der Waals surface area contributed by atoms with Crippen molar-refractivity contribution in [2.75, 3.05) is 6.61 Å². The standard InChI is InChI=1S/C24H25FN2O3/c1-3-13-29-17(2)22-12-11-19(16-26-22)24(28)27-15-18-7-6-8-20(14-18)30-23-10-5-4-9-21(23)25/h4-12,14,16-17H,3,13,15H2,1-2H3,(H,27,28). The minimum atomic E-state index is -0.429. The third-order valence-corrected chi connectivity index (χ3v) is 4.45. The van der Waals surface area contributed by atoms with Crippen LogP contribution in [0.5, 0.6) is 11.5 Å². The Morgan fingerprint density at radius 1 is 1.13 bits per heavy atom. The molecule has 0 bridgehead atoms. The molecule has 6 heteroatoms. The number of pyridine rings is 1. The van der Waals surface area contributed by atoms with Gasteiger partial charge in [-0.25, -0.2) is 4.39 Å². The van der Waals surface area contributed by atoms with E-state index in [9.17, 15) is 9.18 Å². The van der Waals surface area contributed by atoms with E-state index < -0.39 is 5.82 Å². The van der Waals surface area contributed by atoms with Crippen LogP contribution < -0.4 is 10.1 Å². The molecule has 0 spiro atoms. The van der Waals surface area contributed by atoms with Gasteiger partial charge in [-0.15, -0.1) is 0 Å². The minimum Gasteiger partial charge on any atom is -0.454 e. The number of carbonyl (C=O) groups excluding carboxylic acids is 1. The lowest BCUT2D eigenvalue weighted by molar-refractivity contribution is 0.0633. The summed E-state index contributed by atoms with van der Waals surface area (Å²) in [5.74, 6) is -0.000833. The smallest absolute Gasteiger partial charge is 0.253 e. The summed E-state index contributed by atoms with van der Waals surface area (Å²) in [5, 5.41) is 2.86.